The normalized spacial score (nSPS) is 21.4. The predicted octanol–water partition coefficient (Wildman–Crippen LogP) is 3.68. The zero-order chi connectivity index (χ0) is 14.0. The second kappa shape index (κ2) is 6.94. The molecule has 1 fully saturated rings. The summed E-state index contributed by atoms with van der Waals surface area (Å²) in [6.45, 7) is 10.3. The molecule has 0 bridgehead atoms. The van der Waals surface area contributed by atoms with Crippen LogP contribution in [0.2, 0.25) is 0 Å². The molecule has 1 rings (SSSR count). The lowest BCUT2D eigenvalue weighted by Crippen LogP contribution is -2.39. The second-order valence-corrected chi connectivity index (χ2v) is 7.48. The number of esters is 1. The van der Waals surface area contributed by atoms with E-state index in [2.05, 4.69) is 13.8 Å². The van der Waals surface area contributed by atoms with Crippen molar-refractivity contribution >= 4 is 18.4 Å². The van der Waals surface area contributed by atoms with Crippen LogP contribution in [-0.2, 0) is 9.53 Å². The fourth-order valence-electron chi connectivity index (χ4n) is 2.53. The minimum absolute atomic E-state index is 0. The minimum Gasteiger partial charge on any atom is -0.459 e. The molecule has 1 atom stereocenters. The lowest BCUT2D eigenvalue weighted by Gasteiger charge is -2.35. The number of carbonyl (C=O) groups excluding carboxylic acids is 1. The van der Waals surface area contributed by atoms with E-state index in [4.69, 9.17) is 10.5 Å². The first-order valence-electron chi connectivity index (χ1n) is 7.07. The lowest BCUT2D eigenvalue weighted by atomic mass is 9.72. The third-order valence-electron chi connectivity index (χ3n) is 3.76. The Labute approximate surface area is 124 Å². The minimum atomic E-state index is -0.463. The molecule has 0 aliphatic heterocycles. The first kappa shape index (κ1) is 18.7. The maximum Gasteiger partial charge on any atom is 0.323 e. The molecule has 0 radical (unpaired) electrons. The van der Waals surface area contributed by atoms with Crippen molar-refractivity contribution < 1.29 is 9.53 Å². The Bertz CT molecular complexity index is 287. The highest BCUT2D eigenvalue weighted by Gasteiger charge is 2.30. The molecule has 0 aromatic rings. The number of nitrogens with two attached hydrogens (primary N) is 1. The molecule has 2 N–H and O–H groups in total. The molecular weight excluding hydrogens is 262 g/mol. The van der Waals surface area contributed by atoms with Gasteiger partial charge in [-0.3, -0.25) is 4.79 Å². The van der Waals surface area contributed by atoms with Gasteiger partial charge in [0.2, 0.25) is 0 Å². The molecule has 3 nitrogen and oxygen atoms in total. The first-order chi connectivity index (χ1) is 8.09. The Morgan fingerprint density at radius 1 is 1.32 bits per heavy atom. The Morgan fingerprint density at radius 3 is 2.21 bits per heavy atom. The molecule has 0 amide bonds. The van der Waals surface area contributed by atoms with E-state index < -0.39 is 11.6 Å². The fraction of sp³-hybridized carbons (Fsp3) is 0.933. The SMILES string of the molecule is CC1(C)CCC(C[C@H](N)C(=O)OC(C)(C)C)CC1.Cl. The maximum atomic E-state index is 11.8. The van der Waals surface area contributed by atoms with Crippen molar-refractivity contribution in [3.05, 3.63) is 0 Å². The monoisotopic (exact) mass is 291 g/mol. The van der Waals surface area contributed by atoms with Gasteiger partial charge >= 0.3 is 5.97 Å². The highest BCUT2D eigenvalue weighted by Crippen LogP contribution is 2.39. The third-order valence-corrected chi connectivity index (χ3v) is 3.76. The third kappa shape index (κ3) is 7.17. The van der Waals surface area contributed by atoms with Crippen molar-refractivity contribution in [3.63, 3.8) is 0 Å². The summed E-state index contributed by atoms with van der Waals surface area (Å²) < 4.78 is 5.32. The maximum absolute atomic E-state index is 11.8. The summed E-state index contributed by atoms with van der Waals surface area (Å²) in [6, 6.07) is -0.463. The quantitative estimate of drug-likeness (QED) is 0.807. The Balaban J connectivity index is 0.00000324. The molecular formula is C15H30ClNO2. The van der Waals surface area contributed by atoms with Crippen molar-refractivity contribution in [3.8, 4) is 0 Å². The van der Waals surface area contributed by atoms with Gasteiger partial charge in [0.05, 0.1) is 0 Å². The van der Waals surface area contributed by atoms with Crippen molar-refractivity contribution in [2.45, 2.75) is 78.4 Å². The number of hydrogen-bond acceptors (Lipinski definition) is 3. The van der Waals surface area contributed by atoms with Gasteiger partial charge < -0.3 is 10.5 Å². The van der Waals surface area contributed by atoms with E-state index in [0.29, 0.717) is 11.3 Å². The van der Waals surface area contributed by atoms with E-state index in [1.165, 1.54) is 25.7 Å². The van der Waals surface area contributed by atoms with E-state index in [0.717, 1.165) is 6.42 Å². The predicted molar refractivity (Wildman–Crippen MR) is 81.4 cm³/mol. The summed E-state index contributed by atoms with van der Waals surface area (Å²) >= 11 is 0. The molecule has 0 heterocycles. The van der Waals surface area contributed by atoms with Crippen LogP contribution in [-0.4, -0.2) is 17.6 Å². The van der Waals surface area contributed by atoms with Gasteiger partial charge in [-0.2, -0.15) is 0 Å². The van der Waals surface area contributed by atoms with E-state index in [1.807, 2.05) is 20.8 Å². The summed E-state index contributed by atoms with van der Waals surface area (Å²) in [4.78, 5) is 11.8. The molecule has 1 aliphatic rings. The van der Waals surface area contributed by atoms with Crippen LogP contribution >= 0.6 is 12.4 Å². The summed E-state index contributed by atoms with van der Waals surface area (Å²) in [5.41, 5.74) is 5.97. The molecule has 0 saturated heterocycles. The van der Waals surface area contributed by atoms with Gasteiger partial charge in [-0.1, -0.05) is 13.8 Å². The molecule has 0 unspecified atom stereocenters. The van der Waals surface area contributed by atoms with E-state index in [1.54, 1.807) is 0 Å². The smallest absolute Gasteiger partial charge is 0.323 e. The largest absolute Gasteiger partial charge is 0.459 e. The van der Waals surface area contributed by atoms with Gasteiger partial charge in [-0.25, -0.2) is 0 Å². The zero-order valence-corrected chi connectivity index (χ0v) is 13.8. The van der Waals surface area contributed by atoms with Crippen LogP contribution in [0.3, 0.4) is 0 Å². The highest BCUT2D eigenvalue weighted by atomic mass is 35.5. The summed E-state index contributed by atoms with van der Waals surface area (Å²) in [5.74, 6) is 0.327. The molecule has 114 valence electrons. The summed E-state index contributed by atoms with van der Waals surface area (Å²) in [5, 5.41) is 0. The van der Waals surface area contributed by atoms with Gasteiger partial charge in [0.25, 0.3) is 0 Å². The van der Waals surface area contributed by atoms with Crippen LogP contribution in [0, 0.1) is 11.3 Å². The number of halogens is 1. The number of carbonyl (C=O) groups is 1. The van der Waals surface area contributed by atoms with E-state index in [-0.39, 0.29) is 18.4 Å². The average Bonchev–Trinajstić information content (AvgIpc) is 2.18. The Hall–Kier alpha value is -0.280. The van der Waals surface area contributed by atoms with Crippen molar-refractivity contribution in [1.82, 2.24) is 0 Å². The topological polar surface area (TPSA) is 52.3 Å². The van der Waals surface area contributed by atoms with Gasteiger partial charge in [0.1, 0.15) is 11.6 Å². The van der Waals surface area contributed by atoms with Crippen LogP contribution in [0.4, 0.5) is 0 Å². The highest BCUT2D eigenvalue weighted by molar-refractivity contribution is 5.85. The number of hydrogen-bond donors (Lipinski definition) is 1. The van der Waals surface area contributed by atoms with Gasteiger partial charge in [0.15, 0.2) is 0 Å². The van der Waals surface area contributed by atoms with Crippen molar-refractivity contribution in [2.24, 2.45) is 17.1 Å². The summed E-state index contributed by atoms with van der Waals surface area (Å²) in [7, 11) is 0. The average molecular weight is 292 g/mol. The Morgan fingerprint density at radius 2 is 1.79 bits per heavy atom. The van der Waals surface area contributed by atoms with Crippen LogP contribution in [0.15, 0.2) is 0 Å². The lowest BCUT2D eigenvalue weighted by molar-refractivity contribution is -0.157. The number of rotatable bonds is 3. The molecule has 19 heavy (non-hydrogen) atoms. The molecule has 4 heteroatoms. The number of ether oxygens (including phenoxy) is 1. The van der Waals surface area contributed by atoms with E-state index >= 15 is 0 Å². The Kier molecular flexibility index (Phi) is 6.84. The van der Waals surface area contributed by atoms with E-state index in [9.17, 15) is 4.79 Å². The van der Waals surface area contributed by atoms with Crippen LogP contribution in [0.5, 0.6) is 0 Å². The molecule has 0 aromatic carbocycles. The van der Waals surface area contributed by atoms with Crippen LogP contribution < -0.4 is 5.73 Å². The molecule has 1 aliphatic carbocycles. The fourth-order valence-corrected chi connectivity index (χ4v) is 2.53. The summed E-state index contributed by atoms with van der Waals surface area (Å²) in [6.07, 6.45) is 5.61. The second-order valence-electron chi connectivity index (χ2n) is 7.48. The molecule has 1 saturated carbocycles. The van der Waals surface area contributed by atoms with Crippen molar-refractivity contribution in [2.75, 3.05) is 0 Å². The van der Waals surface area contributed by atoms with Gasteiger partial charge in [-0.05, 0) is 64.2 Å². The molecule has 0 spiro atoms. The van der Waals surface area contributed by atoms with Crippen molar-refractivity contribution in [1.29, 1.82) is 0 Å². The zero-order valence-electron chi connectivity index (χ0n) is 13.0. The molecule has 0 aromatic heterocycles. The van der Waals surface area contributed by atoms with Gasteiger partial charge in [0, 0.05) is 0 Å². The van der Waals surface area contributed by atoms with Crippen LogP contribution in [0.1, 0.15) is 66.7 Å². The van der Waals surface area contributed by atoms with Crippen LogP contribution in [0.25, 0.3) is 0 Å². The van der Waals surface area contributed by atoms with Gasteiger partial charge in [-0.15, -0.1) is 12.4 Å². The standard InChI is InChI=1S/C15H29NO2.ClH/c1-14(2,3)18-13(17)12(16)10-11-6-8-15(4,5)9-7-11;/h11-12H,6-10,16H2,1-5H3;1H/t12-;/m0./s1. The first-order valence-corrected chi connectivity index (χ1v) is 7.07.